The Bertz CT molecular complexity index is 823. The van der Waals surface area contributed by atoms with Gasteiger partial charge in [0.2, 0.25) is 10.0 Å². The molecule has 2 fully saturated rings. The van der Waals surface area contributed by atoms with Crippen LogP contribution in [-0.2, 0) is 10.0 Å². The molecule has 24 heavy (non-hydrogen) atoms. The average molecular weight is 350 g/mol. The molecule has 2 aromatic rings. The van der Waals surface area contributed by atoms with Gasteiger partial charge in [0.25, 0.3) is 0 Å². The van der Waals surface area contributed by atoms with Crippen LogP contribution in [0.4, 0.5) is 5.82 Å². The standard InChI is InChI=1S/C15H22N6O2S/c1-19(24(22,23)13-5-3-2-4-6-13)12-9-20(10-12)15-8-7-14-17-16-11-21(14)18-15/h7-8,11-13H,2-6,9-10H2,1H3. The van der Waals surface area contributed by atoms with Gasteiger partial charge in [-0.1, -0.05) is 19.3 Å². The van der Waals surface area contributed by atoms with E-state index in [0.717, 1.165) is 37.9 Å². The molecule has 0 radical (unpaired) electrons. The third-order valence-electron chi connectivity index (χ3n) is 5.22. The van der Waals surface area contributed by atoms with Crippen LogP contribution >= 0.6 is 0 Å². The van der Waals surface area contributed by atoms with Crippen LogP contribution < -0.4 is 4.90 Å². The molecule has 130 valence electrons. The maximum Gasteiger partial charge on any atom is 0.217 e. The number of anilines is 1. The molecule has 1 aliphatic carbocycles. The number of fused-ring (bicyclic) bond motifs is 1. The molecule has 0 spiro atoms. The minimum atomic E-state index is -3.19. The number of likely N-dealkylation sites (N-methyl/N-ethyl adjacent to an activating group) is 1. The van der Waals surface area contributed by atoms with Crippen molar-refractivity contribution in [3.63, 3.8) is 0 Å². The maximum atomic E-state index is 12.8. The summed E-state index contributed by atoms with van der Waals surface area (Å²) in [6.45, 7) is 1.34. The zero-order chi connectivity index (χ0) is 16.7. The summed E-state index contributed by atoms with van der Waals surface area (Å²) in [5.74, 6) is 0.821. The van der Waals surface area contributed by atoms with Crippen LogP contribution in [-0.4, -0.2) is 64.0 Å². The molecule has 9 heteroatoms. The molecule has 2 aliphatic rings. The highest BCUT2D eigenvalue weighted by molar-refractivity contribution is 7.89. The summed E-state index contributed by atoms with van der Waals surface area (Å²) in [5, 5.41) is 12.0. The smallest absolute Gasteiger partial charge is 0.217 e. The quantitative estimate of drug-likeness (QED) is 0.815. The molecule has 1 saturated heterocycles. The lowest BCUT2D eigenvalue weighted by atomic mass is 10.0. The summed E-state index contributed by atoms with van der Waals surface area (Å²) in [5.41, 5.74) is 0.702. The SMILES string of the molecule is CN(C1CN(c2ccc3nncn3n2)C1)S(=O)(=O)C1CCCCC1. The summed E-state index contributed by atoms with van der Waals surface area (Å²) in [6.07, 6.45) is 6.37. The molecule has 0 unspecified atom stereocenters. The molecule has 0 amide bonds. The van der Waals surface area contributed by atoms with Gasteiger partial charge in [-0.2, -0.15) is 8.82 Å². The van der Waals surface area contributed by atoms with Crippen molar-refractivity contribution in [2.24, 2.45) is 0 Å². The van der Waals surface area contributed by atoms with Crippen molar-refractivity contribution < 1.29 is 8.42 Å². The Morgan fingerprint density at radius 3 is 2.67 bits per heavy atom. The van der Waals surface area contributed by atoms with Gasteiger partial charge >= 0.3 is 0 Å². The largest absolute Gasteiger partial charge is 0.352 e. The van der Waals surface area contributed by atoms with Gasteiger partial charge < -0.3 is 4.90 Å². The van der Waals surface area contributed by atoms with E-state index in [0.29, 0.717) is 18.7 Å². The van der Waals surface area contributed by atoms with Crippen molar-refractivity contribution >= 4 is 21.5 Å². The molecule has 3 heterocycles. The minimum Gasteiger partial charge on any atom is -0.352 e. The second-order valence-corrected chi connectivity index (χ2v) is 8.98. The Labute approximate surface area is 141 Å². The molecule has 0 aromatic carbocycles. The lowest BCUT2D eigenvalue weighted by molar-refractivity contribution is 0.301. The van der Waals surface area contributed by atoms with Gasteiger partial charge in [-0.15, -0.1) is 15.3 Å². The maximum absolute atomic E-state index is 12.8. The predicted molar refractivity (Wildman–Crippen MR) is 90.3 cm³/mol. The molecule has 0 N–H and O–H groups in total. The lowest BCUT2D eigenvalue weighted by Gasteiger charge is -2.44. The van der Waals surface area contributed by atoms with E-state index < -0.39 is 10.0 Å². The molecular formula is C15H22N6O2S. The third kappa shape index (κ3) is 2.65. The van der Waals surface area contributed by atoms with Gasteiger partial charge in [-0.25, -0.2) is 8.42 Å². The Balaban J connectivity index is 1.42. The number of rotatable bonds is 4. The number of aromatic nitrogens is 4. The summed E-state index contributed by atoms with van der Waals surface area (Å²) < 4.78 is 28.8. The van der Waals surface area contributed by atoms with E-state index >= 15 is 0 Å². The first-order chi connectivity index (χ1) is 11.6. The minimum absolute atomic E-state index is 0.0235. The molecular weight excluding hydrogens is 328 g/mol. The number of hydrogen-bond donors (Lipinski definition) is 0. The number of hydrogen-bond acceptors (Lipinski definition) is 6. The van der Waals surface area contributed by atoms with Gasteiger partial charge in [0.1, 0.15) is 12.1 Å². The molecule has 0 bridgehead atoms. The zero-order valence-corrected chi connectivity index (χ0v) is 14.6. The van der Waals surface area contributed by atoms with Gasteiger partial charge in [-0.3, -0.25) is 0 Å². The van der Waals surface area contributed by atoms with E-state index in [2.05, 4.69) is 20.2 Å². The molecule has 1 aliphatic heterocycles. The van der Waals surface area contributed by atoms with E-state index in [1.54, 1.807) is 22.2 Å². The van der Waals surface area contributed by atoms with Crippen LogP contribution in [0, 0.1) is 0 Å². The van der Waals surface area contributed by atoms with Crippen molar-refractivity contribution in [1.82, 2.24) is 24.1 Å². The fourth-order valence-electron chi connectivity index (χ4n) is 3.57. The topological polar surface area (TPSA) is 83.7 Å². The highest BCUT2D eigenvalue weighted by Gasteiger charge is 2.40. The van der Waals surface area contributed by atoms with Gasteiger partial charge in [0.05, 0.1) is 11.3 Å². The normalized spacial score (nSPS) is 20.7. The van der Waals surface area contributed by atoms with Gasteiger partial charge in [0.15, 0.2) is 5.65 Å². The summed E-state index contributed by atoms with van der Waals surface area (Å²) in [7, 11) is -1.47. The van der Waals surface area contributed by atoms with Crippen LogP contribution in [0.1, 0.15) is 32.1 Å². The highest BCUT2D eigenvalue weighted by atomic mass is 32.2. The van der Waals surface area contributed by atoms with Crippen molar-refractivity contribution in [3.05, 3.63) is 18.5 Å². The second-order valence-electron chi connectivity index (χ2n) is 6.71. The first-order valence-electron chi connectivity index (χ1n) is 8.44. The first kappa shape index (κ1) is 15.8. The molecule has 2 aromatic heterocycles. The van der Waals surface area contributed by atoms with Crippen LogP contribution in [0.2, 0.25) is 0 Å². The average Bonchev–Trinajstić information content (AvgIpc) is 3.02. The predicted octanol–water partition coefficient (Wildman–Crippen LogP) is 0.907. The Kier molecular flexibility index (Phi) is 3.92. The van der Waals surface area contributed by atoms with Crippen molar-refractivity contribution in [2.45, 2.75) is 43.4 Å². The lowest BCUT2D eigenvalue weighted by Crippen LogP contribution is -2.61. The van der Waals surface area contributed by atoms with Crippen molar-refractivity contribution in [2.75, 3.05) is 25.0 Å². The van der Waals surface area contributed by atoms with Crippen molar-refractivity contribution in [3.8, 4) is 0 Å². The fourth-order valence-corrected chi connectivity index (χ4v) is 5.51. The van der Waals surface area contributed by atoms with Gasteiger partial charge in [0, 0.05) is 20.1 Å². The van der Waals surface area contributed by atoms with E-state index in [9.17, 15) is 8.42 Å². The van der Waals surface area contributed by atoms with Crippen LogP contribution in [0.3, 0.4) is 0 Å². The summed E-state index contributed by atoms with van der Waals surface area (Å²) in [4.78, 5) is 2.08. The number of nitrogens with zero attached hydrogens (tertiary/aromatic N) is 6. The summed E-state index contributed by atoms with van der Waals surface area (Å²) in [6, 6.07) is 3.79. The Hall–Kier alpha value is -1.74. The molecule has 1 saturated carbocycles. The monoisotopic (exact) mass is 350 g/mol. The Morgan fingerprint density at radius 1 is 1.17 bits per heavy atom. The van der Waals surface area contributed by atoms with E-state index in [4.69, 9.17) is 0 Å². The number of sulfonamides is 1. The fraction of sp³-hybridized carbons (Fsp3) is 0.667. The third-order valence-corrected chi connectivity index (χ3v) is 7.64. The first-order valence-corrected chi connectivity index (χ1v) is 9.95. The molecule has 4 rings (SSSR count). The van der Waals surface area contributed by atoms with Crippen LogP contribution in [0.25, 0.3) is 5.65 Å². The molecule has 8 nitrogen and oxygen atoms in total. The van der Waals surface area contributed by atoms with E-state index in [1.807, 2.05) is 12.1 Å². The zero-order valence-electron chi connectivity index (χ0n) is 13.7. The highest BCUT2D eigenvalue weighted by Crippen LogP contribution is 2.29. The van der Waals surface area contributed by atoms with E-state index in [-0.39, 0.29) is 11.3 Å². The van der Waals surface area contributed by atoms with Gasteiger partial charge in [-0.05, 0) is 25.0 Å². The van der Waals surface area contributed by atoms with Crippen molar-refractivity contribution in [1.29, 1.82) is 0 Å². The molecule has 0 atom stereocenters. The van der Waals surface area contributed by atoms with Crippen LogP contribution in [0.5, 0.6) is 0 Å². The summed E-state index contributed by atoms with van der Waals surface area (Å²) >= 11 is 0. The van der Waals surface area contributed by atoms with Crippen LogP contribution in [0.15, 0.2) is 18.5 Å². The van der Waals surface area contributed by atoms with E-state index in [1.165, 1.54) is 0 Å². The second kappa shape index (κ2) is 5.96. The Morgan fingerprint density at radius 2 is 1.92 bits per heavy atom.